The number of benzene rings is 2. The first kappa shape index (κ1) is 14.1. The molecule has 20 heavy (non-hydrogen) atoms. The molecule has 0 radical (unpaired) electrons. The number of hydrogen-bond donors (Lipinski definition) is 1. The van der Waals surface area contributed by atoms with Gasteiger partial charge in [-0.2, -0.15) is 0 Å². The van der Waals surface area contributed by atoms with Crippen LogP contribution in [0.4, 0.5) is 10.5 Å². The number of rotatable bonds is 4. The van der Waals surface area contributed by atoms with Crippen molar-refractivity contribution in [3.05, 3.63) is 66.2 Å². The van der Waals surface area contributed by atoms with E-state index in [0.717, 1.165) is 11.3 Å². The van der Waals surface area contributed by atoms with E-state index in [-0.39, 0.29) is 6.03 Å². The number of anilines is 1. The van der Waals surface area contributed by atoms with Gasteiger partial charge in [-0.1, -0.05) is 48.5 Å². The first-order valence-corrected chi connectivity index (χ1v) is 6.51. The normalized spacial score (nSPS) is 10.3. The summed E-state index contributed by atoms with van der Waals surface area (Å²) >= 11 is 0. The number of carbonyl (C=O) groups excluding carboxylic acids is 1. The van der Waals surface area contributed by atoms with Gasteiger partial charge >= 0.3 is 6.03 Å². The Balaban J connectivity index is 1.93. The van der Waals surface area contributed by atoms with Gasteiger partial charge < -0.3 is 5.32 Å². The van der Waals surface area contributed by atoms with E-state index in [1.165, 1.54) is 0 Å². The largest absolute Gasteiger partial charge is 0.336 e. The second kappa shape index (κ2) is 6.73. The second-order valence-electron chi connectivity index (χ2n) is 4.62. The van der Waals surface area contributed by atoms with Gasteiger partial charge in [0.2, 0.25) is 0 Å². The van der Waals surface area contributed by atoms with Crippen molar-refractivity contribution in [2.24, 2.45) is 0 Å². The number of nitrogens with one attached hydrogen (secondary N) is 1. The van der Waals surface area contributed by atoms with E-state index >= 15 is 0 Å². The molecule has 0 atom stereocenters. The van der Waals surface area contributed by atoms with Crippen LogP contribution < -0.4 is 5.32 Å². The summed E-state index contributed by atoms with van der Waals surface area (Å²) in [6.45, 7) is 0.680. The van der Waals surface area contributed by atoms with Crippen molar-refractivity contribution in [1.29, 1.82) is 0 Å². The van der Waals surface area contributed by atoms with Crippen LogP contribution in [0.3, 0.4) is 0 Å². The number of hydrogen-bond acceptors (Lipinski definition) is 2. The van der Waals surface area contributed by atoms with E-state index in [9.17, 15) is 4.79 Å². The lowest BCUT2D eigenvalue weighted by atomic mass is 10.2. The van der Waals surface area contributed by atoms with Gasteiger partial charge in [0.25, 0.3) is 0 Å². The average Bonchev–Trinajstić information content (AvgIpc) is 2.48. The highest BCUT2D eigenvalue weighted by molar-refractivity contribution is 5.88. The molecule has 1 N–H and O–H groups in total. The van der Waals surface area contributed by atoms with Gasteiger partial charge in [0.1, 0.15) is 0 Å². The number of urea groups is 1. The van der Waals surface area contributed by atoms with Crippen LogP contribution >= 0.6 is 0 Å². The number of para-hydroxylation sites is 1. The van der Waals surface area contributed by atoms with Crippen molar-refractivity contribution < 1.29 is 4.79 Å². The Morgan fingerprint density at radius 3 is 2.10 bits per heavy atom. The molecule has 4 nitrogen and oxygen atoms in total. The molecule has 0 bridgehead atoms. The Hall–Kier alpha value is -2.33. The molecule has 0 fully saturated rings. The quantitative estimate of drug-likeness (QED) is 0.865. The highest BCUT2D eigenvalue weighted by atomic mass is 16.2. The van der Waals surface area contributed by atoms with Gasteiger partial charge in [-0.15, -0.1) is 0 Å². The van der Waals surface area contributed by atoms with Crippen molar-refractivity contribution >= 4 is 11.7 Å². The van der Waals surface area contributed by atoms with Crippen LogP contribution in [0.25, 0.3) is 0 Å². The second-order valence-corrected chi connectivity index (χ2v) is 4.62. The number of hydrazine groups is 1. The molecule has 2 aromatic carbocycles. The smallest absolute Gasteiger partial charge is 0.307 e. The van der Waals surface area contributed by atoms with E-state index in [1.807, 2.05) is 72.7 Å². The predicted molar refractivity (Wildman–Crippen MR) is 81.1 cm³/mol. The van der Waals surface area contributed by atoms with Crippen LogP contribution in [-0.4, -0.2) is 30.1 Å². The Labute approximate surface area is 119 Å². The molecule has 0 heterocycles. The first-order valence-electron chi connectivity index (χ1n) is 6.51. The molecule has 2 amide bonds. The molecule has 0 aliphatic carbocycles. The first-order chi connectivity index (χ1) is 9.66. The maximum atomic E-state index is 12.1. The summed E-state index contributed by atoms with van der Waals surface area (Å²) in [5.74, 6) is 0. The van der Waals surface area contributed by atoms with E-state index in [0.29, 0.717) is 6.54 Å². The van der Waals surface area contributed by atoms with Crippen LogP contribution in [0.1, 0.15) is 5.56 Å². The Bertz CT molecular complexity index is 542. The summed E-state index contributed by atoms with van der Waals surface area (Å²) < 4.78 is 0. The van der Waals surface area contributed by atoms with Crippen LogP contribution in [-0.2, 0) is 6.54 Å². The standard InChI is InChI=1S/C16H19N3O/c1-18(13-14-9-5-3-6-10-14)19(2)16(20)17-15-11-7-4-8-12-15/h3-12H,13H2,1-2H3,(H,17,20). The molecule has 0 saturated carbocycles. The SMILES string of the molecule is CN(Cc1ccccc1)N(C)C(=O)Nc1ccccc1. The summed E-state index contributed by atoms with van der Waals surface area (Å²) in [6.07, 6.45) is 0. The fourth-order valence-electron chi connectivity index (χ4n) is 1.83. The number of amides is 2. The highest BCUT2D eigenvalue weighted by Crippen LogP contribution is 2.08. The fourth-order valence-corrected chi connectivity index (χ4v) is 1.83. The minimum atomic E-state index is -0.158. The van der Waals surface area contributed by atoms with Crippen LogP contribution in [0.2, 0.25) is 0 Å². The lowest BCUT2D eigenvalue weighted by Gasteiger charge is -2.28. The van der Waals surface area contributed by atoms with Crippen molar-refractivity contribution in [3.8, 4) is 0 Å². The summed E-state index contributed by atoms with van der Waals surface area (Å²) in [4.78, 5) is 12.1. The van der Waals surface area contributed by atoms with Gasteiger partial charge in [0, 0.05) is 26.3 Å². The number of nitrogens with zero attached hydrogens (tertiary/aromatic N) is 2. The molecule has 4 heteroatoms. The lowest BCUT2D eigenvalue weighted by molar-refractivity contribution is 0.0627. The van der Waals surface area contributed by atoms with Gasteiger partial charge in [-0.3, -0.25) is 5.01 Å². The van der Waals surface area contributed by atoms with Crippen LogP contribution in [0, 0.1) is 0 Å². The van der Waals surface area contributed by atoms with E-state index in [4.69, 9.17) is 0 Å². The van der Waals surface area contributed by atoms with Crippen LogP contribution in [0.5, 0.6) is 0 Å². The van der Waals surface area contributed by atoms with E-state index in [2.05, 4.69) is 5.32 Å². The van der Waals surface area contributed by atoms with Crippen molar-refractivity contribution in [2.45, 2.75) is 6.54 Å². The molecule has 0 saturated heterocycles. The van der Waals surface area contributed by atoms with E-state index in [1.54, 1.807) is 12.1 Å². The Morgan fingerprint density at radius 1 is 0.950 bits per heavy atom. The summed E-state index contributed by atoms with van der Waals surface area (Å²) in [6, 6.07) is 19.3. The monoisotopic (exact) mass is 269 g/mol. The molecule has 2 aromatic rings. The van der Waals surface area contributed by atoms with Gasteiger partial charge in [-0.05, 0) is 17.7 Å². The molecule has 0 aromatic heterocycles. The third-order valence-electron chi connectivity index (χ3n) is 3.09. The van der Waals surface area contributed by atoms with Crippen molar-refractivity contribution in [3.63, 3.8) is 0 Å². The molecule has 104 valence electrons. The van der Waals surface area contributed by atoms with Gasteiger partial charge in [0.15, 0.2) is 0 Å². The lowest BCUT2D eigenvalue weighted by Crippen LogP contribution is -2.43. The molecular formula is C16H19N3O. The molecule has 0 unspecified atom stereocenters. The zero-order valence-electron chi connectivity index (χ0n) is 11.8. The van der Waals surface area contributed by atoms with Gasteiger partial charge in [-0.25, -0.2) is 9.80 Å². The van der Waals surface area contributed by atoms with E-state index < -0.39 is 0 Å². The minimum Gasteiger partial charge on any atom is -0.307 e. The molecule has 2 rings (SSSR count). The fraction of sp³-hybridized carbons (Fsp3) is 0.188. The summed E-state index contributed by atoms with van der Waals surface area (Å²) in [7, 11) is 3.64. The summed E-state index contributed by atoms with van der Waals surface area (Å²) in [5.41, 5.74) is 1.95. The molecular weight excluding hydrogens is 250 g/mol. The summed E-state index contributed by atoms with van der Waals surface area (Å²) in [5, 5.41) is 6.29. The molecule has 0 aliphatic heterocycles. The van der Waals surface area contributed by atoms with Crippen molar-refractivity contribution in [2.75, 3.05) is 19.4 Å². The maximum Gasteiger partial charge on any atom is 0.336 e. The zero-order chi connectivity index (χ0) is 14.4. The predicted octanol–water partition coefficient (Wildman–Crippen LogP) is 3.20. The molecule has 0 spiro atoms. The Morgan fingerprint density at radius 2 is 1.50 bits per heavy atom. The van der Waals surface area contributed by atoms with Crippen LogP contribution in [0.15, 0.2) is 60.7 Å². The topological polar surface area (TPSA) is 35.6 Å². The Kier molecular flexibility index (Phi) is 4.74. The third kappa shape index (κ3) is 3.83. The average molecular weight is 269 g/mol. The van der Waals surface area contributed by atoms with Crippen molar-refractivity contribution in [1.82, 2.24) is 10.0 Å². The highest BCUT2D eigenvalue weighted by Gasteiger charge is 2.13. The number of carbonyl (C=O) groups is 1. The molecule has 0 aliphatic rings. The zero-order valence-corrected chi connectivity index (χ0v) is 11.8. The third-order valence-corrected chi connectivity index (χ3v) is 3.09. The maximum absolute atomic E-state index is 12.1. The minimum absolute atomic E-state index is 0.158. The van der Waals surface area contributed by atoms with Gasteiger partial charge in [0.05, 0.1) is 0 Å².